The van der Waals surface area contributed by atoms with Gasteiger partial charge in [-0.2, -0.15) is 0 Å². The van der Waals surface area contributed by atoms with Gasteiger partial charge in [0.1, 0.15) is 18.1 Å². The summed E-state index contributed by atoms with van der Waals surface area (Å²) in [7, 11) is 0. The lowest BCUT2D eigenvalue weighted by atomic mass is 10.0. The van der Waals surface area contributed by atoms with E-state index in [1.54, 1.807) is 36.5 Å². The normalized spacial score (nSPS) is 13.5. The Bertz CT molecular complexity index is 1520. The maximum atomic E-state index is 13.7. The molecule has 3 aromatic rings. The standard InChI is InChI=1S/C30H38N8O7/c31-20(15-25(39)40)26(41)37-23(13-17-7-2-1-3-8-17)27(42)38-24(14-18-16-35-21-10-5-4-9-19(18)21)28(43)36-22(29(44)45)11-6-12-34-30(32)33/h1-5,7-10,16,20,22-24,35H,6,11-15,31H2,(H,36,43)(H,37,41)(H,38,42)(H,39,40)(H,44,45)(H4,32,33,34). The zero-order valence-electron chi connectivity index (χ0n) is 24.4. The average molecular weight is 623 g/mol. The molecule has 0 saturated carbocycles. The number of hydrogen-bond acceptors (Lipinski definition) is 7. The molecule has 0 aliphatic rings. The van der Waals surface area contributed by atoms with Gasteiger partial charge in [-0.1, -0.05) is 48.5 Å². The van der Waals surface area contributed by atoms with Crippen molar-refractivity contribution in [1.29, 1.82) is 0 Å². The van der Waals surface area contributed by atoms with Gasteiger partial charge in [0.25, 0.3) is 0 Å². The Balaban J connectivity index is 1.87. The summed E-state index contributed by atoms with van der Waals surface area (Å²) in [6.45, 7) is 0.155. The number of fused-ring (bicyclic) bond motifs is 1. The monoisotopic (exact) mass is 622 g/mol. The third kappa shape index (κ3) is 10.7. The van der Waals surface area contributed by atoms with E-state index >= 15 is 0 Å². The summed E-state index contributed by atoms with van der Waals surface area (Å²) in [5, 5.41) is 27.3. The van der Waals surface area contributed by atoms with E-state index in [1.807, 2.05) is 24.3 Å². The number of carboxylic acid groups (broad SMARTS) is 2. The number of aliphatic imine (C=N–C) groups is 1. The van der Waals surface area contributed by atoms with Gasteiger partial charge in [0.15, 0.2) is 5.96 Å². The molecule has 12 N–H and O–H groups in total. The third-order valence-electron chi connectivity index (χ3n) is 6.94. The maximum Gasteiger partial charge on any atom is 0.326 e. The lowest BCUT2D eigenvalue weighted by molar-refractivity contribution is -0.142. The number of para-hydroxylation sites is 1. The first-order valence-electron chi connectivity index (χ1n) is 14.2. The summed E-state index contributed by atoms with van der Waals surface area (Å²) in [4.78, 5) is 70.0. The molecule has 3 rings (SSSR count). The van der Waals surface area contributed by atoms with Crippen LogP contribution in [0.3, 0.4) is 0 Å². The van der Waals surface area contributed by atoms with E-state index in [1.165, 1.54) is 0 Å². The molecule has 4 unspecified atom stereocenters. The van der Waals surface area contributed by atoms with Gasteiger partial charge in [-0.25, -0.2) is 4.79 Å². The van der Waals surface area contributed by atoms with E-state index in [2.05, 4.69) is 25.9 Å². The Hall–Kier alpha value is -5.44. The maximum absolute atomic E-state index is 13.7. The van der Waals surface area contributed by atoms with Gasteiger partial charge in [-0.15, -0.1) is 0 Å². The van der Waals surface area contributed by atoms with Gasteiger partial charge in [0.2, 0.25) is 17.7 Å². The van der Waals surface area contributed by atoms with Gasteiger partial charge in [0.05, 0.1) is 12.5 Å². The molecule has 3 amide bonds. The van der Waals surface area contributed by atoms with E-state index in [4.69, 9.17) is 22.3 Å². The molecule has 4 atom stereocenters. The molecule has 0 spiro atoms. The Morgan fingerprint density at radius 2 is 1.40 bits per heavy atom. The van der Waals surface area contributed by atoms with E-state index in [9.17, 15) is 29.1 Å². The number of aliphatic carboxylic acids is 2. The van der Waals surface area contributed by atoms with Crippen LogP contribution in [0.4, 0.5) is 0 Å². The van der Waals surface area contributed by atoms with Crippen LogP contribution in [0.1, 0.15) is 30.4 Å². The first-order chi connectivity index (χ1) is 21.4. The summed E-state index contributed by atoms with van der Waals surface area (Å²) < 4.78 is 0. The van der Waals surface area contributed by atoms with Crippen molar-refractivity contribution in [3.05, 3.63) is 71.9 Å². The van der Waals surface area contributed by atoms with Crippen LogP contribution >= 0.6 is 0 Å². The smallest absolute Gasteiger partial charge is 0.326 e. The number of aromatic amines is 1. The number of H-pyrrole nitrogens is 1. The second-order valence-corrected chi connectivity index (χ2v) is 10.4. The highest BCUT2D eigenvalue weighted by molar-refractivity contribution is 5.95. The van der Waals surface area contributed by atoms with Crippen LogP contribution in [-0.2, 0) is 36.8 Å². The molecule has 0 saturated heterocycles. The molecule has 2 aromatic carbocycles. The van der Waals surface area contributed by atoms with Crippen molar-refractivity contribution in [3.63, 3.8) is 0 Å². The predicted molar refractivity (Wildman–Crippen MR) is 166 cm³/mol. The Morgan fingerprint density at radius 1 is 0.800 bits per heavy atom. The first-order valence-corrected chi connectivity index (χ1v) is 14.2. The van der Waals surface area contributed by atoms with Gasteiger partial charge in [-0.05, 0) is 30.0 Å². The third-order valence-corrected chi connectivity index (χ3v) is 6.94. The molecule has 0 bridgehead atoms. The fraction of sp³-hybridized carbons (Fsp3) is 0.333. The lowest BCUT2D eigenvalue weighted by Crippen LogP contribution is -2.58. The Morgan fingerprint density at radius 3 is 2.04 bits per heavy atom. The summed E-state index contributed by atoms with van der Waals surface area (Å²) in [5.74, 6) is -5.11. The van der Waals surface area contributed by atoms with E-state index in [0.717, 1.165) is 10.9 Å². The van der Waals surface area contributed by atoms with Crippen LogP contribution in [0.25, 0.3) is 10.9 Å². The van der Waals surface area contributed by atoms with E-state index in [-0.39, 0.29) is 38.2 Å². The average Bonchev–Trinajstić information content (AvgIpc) is 3.40. The number of aromatic nitrogens is 1. The second kappa shape index (κ2) is 16.4. The highest BCUT2D eigenvalue weighted by Crippen LogP contribution is 2.19. The van der Waals surface area contributed by atoms with Crippen LogP contribution in [0.2, 0.25) is 0 Å². The number of carbonyl (C=O) groups is 5. The number of nitrogens with one attached hydrogen (secondary N) is 4. The van der Waals surface area contributed by atoms with E-state index < -0.39 is 60.2 Å². The van der Waals surface area contributed by atoms with Gasteiger partial charge < -0.3 is 48.3 Å². The van der Waals surface area contributed by atoms with Crippen LogP contribution in [-0.4, -0.2) is 81.5 Å². The fourth-order valence-electron chi connectivity index (χ4n) is 4.65. The van der Waals surface area contributed by atoms with Crippen molar-refractivity contribution >= 4 is 46.5 Å². The van der Waals surface area contributed by atoms with Crippen molar-refractivity contribution in [3.8, 4) is 0 Å². The molecule has 0 aliphatic heterocycles. The second-order valence-electron chi connectivity index (χ2n) is 10.4. The summed E-state index contributed by atoms with van der Waals surface area (Å²) >= 11 is 0. The number of nitrogens with two attached hydrogens (primary N) is 3. The number of benzene rings is 2. The number of carbonyl (C=O) groups excluding carboxylic acids is 3. The number of guanidine groups is 1. The lowest BCUT2D eigenvalue weighted by Gasteiger charge is -2.25. The topological polar surface area (TPSA) is 268 Å². The summed E-state index contributed by atoms with van der Waals surface area (Å²) in [5.41, 5.74) is 18.5. The SMILES string of the molecule is NC(N)=NCCCC(NC(=O)C(Cc1c[nH]c2ccccc12)NC(=O)C(Cc1ccccc1)NC(=O)C(N)CC(=O)O)C(=O)O. The highest BCUT2D eigenvalue weighted by Gasteiger charge is 2.31. The molecule has 1 aromatic heterocycles. The number of hydrogen-bond donors (Lipinski definition) is 9. The molecule has 15 nitrogen and oxygen atoms in total. The number of amides is 3. The largest absolute Gasteiger partial charge is 0.481 e. The Kier molecular flexibility index (Phi) is 12.4. The zero-order chi connectivity index (χ0) is 32.9. The molecular weight excluding hydrogens is 584 g/mol. The minimum absolute atomic E-state index is 0.00215. The minimum atomic E-state index is -1.42. The van der Waals surface area contributed by atoms with Gasteiger partial charge in [0, 0.05) is 36.5 Å². The minimum Gasteiger partial charge on any atom is -0.481 e. The van der Waals surface area contributed by atoms with Crippen molar-refractivity contribution in [2.45, 2.75) is 56.3 Å². The molecular formula is C30H38N8O7. The van der Waals surface area contributed by atoms with Crippen molar-refractivity contribution < 1.29 is 34.2 Å². The zero-order valence-corrected chi connectivity index (χ0v) is 24.4. The van der Waals surface area contributed by atoms with Crippen LogP contribution in [0, 0.1) is 0 Å². The van der Waals surface area contributed by atoms with Crippen LogP contribution in [0.5, 0.6) is 0 Å². The number of nitrogens with zero attached hydrogens (tertiary/aromatic N) is 1. The van der Waals surface area contributed by atoms with Crippen molar-refractivity contribution in [2.75, 3.05) is 6.54 Å². The highest BCUT2D eigenvalue weighted by atomic mass is 16.4. The molecule has 15 heteroatoms. The summed E-state index contributed by atoms with van der Waals surface area (Å²) in [6.07, 6.45) is 1.29. The Labute approximate surface area is 258 Å². The van der Waals surface area contributed by atoms with Crippen LogP contribution in [0.15, 0.2) is 65.8 Å². The molecule has 0 aliphatic carbocycles. The molecule has 240 valence electrons. The molecule has 0 fully saturated rings. The van der Waals surface area contributed by atoms with Crippen molar-refractivity contribution in [2.24, 2.45) is 22.2 Å². The van der Waals surface area contributed by atoms with Crippen molar-refractivity contribution in [1.82, 2.24) is 20.9 Å². The summed E-state index contributed by atoms with van der Waals surface area (Å²) in [6, 6.07) is 10.8. The number of rotatable bonds is 17. The van der Waals surface area contributed by atoms with E-state index in [0.29, 0.717) is 11.1 Å². The first kappa shape index (κ1) is 34.1. The molecule has 1 heterocycles. The predicted octanol–water partition coefficient (Wildman–Crippen LogP) is -0.652. The molecule has 0 radical (unpaired) electrons. The van der Waals surface area contributed by atoms with Gasteiger partial charge in [-0.3, -0.25) is 24.2 Å². The molecule has 45 heavy (non-hydrogen) atoms. The fourth-order valence-corrected chi connectivity index (χ4v) is 4.65. The quantitative estimate of drug-likeness (QED) is 0.0521. The number of carboxylic acids is 2. The van der Waals surface area contributed by atoms with Crippen LogP contribution < -0.4 is 33.2 Å². The van der Waals surface area contributed by atoms with Gasteiger partial charge >= 0.3 is 11.9 Å².